The first-order valence-corrected chi connectivity index (χ1v) is 6.85. The molecule has 20 heavy (non-hydrogen) atoms. The lowest BCUT2D eigenvalue weighted by molar-refractivity contribution is 0.399. The third kappa shape index (κ3) is 4.56. The van der Waals surface area contributed by atoms with Crippen LogP contribution in [-0.2, 0) is 6.42 Å². The Morgan fingerprint density at radius 1 is 0.900 bits per heavy atom. The molecule has 0 aromatic heterocycles. The lowest BCUT2D eigenvalue weighted by atomic mass is 10.1. The molecule has 1 aliphatic rings. The van der Waals surface area contributed by atoms with Gasteiger partial charge in [0.2, 0.25) is 0 Å². The van der Waals surface area contributed by atoms with E-state index in [0.29, 0.717) is 0 Å². The molecule has 104 valence electrons. The molecule has 1 saturated carbocycles. The van der Waals surface area contributed by atoms with E-state index < -0.39 is 0 Å². The lowest BCUT2D eigenvalue weighted by Gasteiger charge is -2.05. The van der Waals surface area contributed by atoms with Crippen LogP contribution in [0, 0.1) is 0 Å². The molecule has 3 rings (SSSR count). The third-order valence-corrected chi connectivity index (χ3v) is 3.07. The largest absolute Gasteiger partial charge is 0.457 e. The van der Waals surface area contributed by atoms with Crippen molar-refractivity contribution < 1.29 is 9.84 Å². The summed E-state index contributed by atoms with van der Waals surface area (Å²) < 4.78 is 5.76. The summed E-state index contributed by atoms with van der Waals surface area (Å²) in [5.41, 5.74) is 2.94. The van der Waals surface area contributed by atoms with Crippen LogP contribution in [0.1, 0.15) is 18.4 Å². The van der Waals surface area contributed by atoms with Gasteiger partial charge in [0.05, 0.1) is 0 Å². The average molecular weight is 268 g/mol. The van der Waals surface area contributed by atoms with Crippen molar-refractivity contribution >= 4 is 0 Å². The molecule has 0 heterocycles. The van der Waals surface area contributed by atoms with Crippen molar-refractivity contribution in [1.82, 2.24) is 0 Å². The van der Waals surface area contributed by atoms with E-state index >= 15 is 0 Å². The molecule has 0 aliphatic heterocycles. The summed E-state index contributed by atoms with van der Waals surface area (Å²) >= 11 is 0. The molecule has 1 aliphatic carbocycles. The number of para-hydroxylation sites is 1. The number of aliphatic hydroxyl groups excluding tert-OH is 1. The number of benzene rings is 2. The molecule has 2 heteroatoms. The van der Waals surface area contributed by atoms with Crippen LogP contribution >= 0.6 is 0 Å². The highest BCUT2D eigenvalue weighted by molar-refractivity contribution is 5.34. The first-order chi connectivity index (χ1) is 9.90. The van der Waals surface area contributed by atoms with Gasteiger partial charge in [-0.3, -0.25) is 0 Å². The van der Waals surface area contributed by atoms with Crippen molar-refractivity contribution in [3.05, 3.63) is 71.8 Å². The highest BCUT2D eigenvalue weighted by atomic mass is 16.5. The van der Waals surface area contributed by atoms with Gasteiger partial charge in [0.1, 0.15) is 11.5 Å². The predicted molar refractivity (Wildman–Crippen MR) is 82.1 cm³/mol. The lowest BCUT2D eigenvalue weighted by Crippen LogP contribution is -1.85. The molecular weight excluding hydrogens is 248 g/mol. The van der Waals surface area contributed by atoms with E-state index in [1.165, 1.54) is 18.4 Å². The van der Waals surface area contributed by atoms with Gasteiger partial charge in [-0.05, 0) is 49.1 Å². The topological polar surface area (TPSA) is 29.5 Å². The maximum Gasteiger partial charge on any atom is 0.127 e. The number of rotatable bonds is 4. The Labute approximate surface area is 120 Å². The first-order valence-electron chi connectivity index (χ1n) is 6.85. The number of allylic oxidation sites excluding steroid dienone is 2. The van der Waals surface area contributed by atoms with Gasteiger partial charge in [-0.1, -0.05) is 42.0 Å². The van der Waals surface area contributed by atoms with Gasteiger partial charge in [0, 0.05) is 7.11 Å². The Morgan fingerprint density at radius 3 is 2.10 bits per heavy atom. The monoisotopic (exact) mass is 268 g/mol. The molecule has 1 fully saturated rings. The summed E-state index contributed by atoms with van der Waals surface area (Å²) in [6.07, 6.45) is 5.98. The molecule has 1 N–H and O–H groups in total. The van der Waals surface area contributed by atoms with Crippen molar-refractivity contribution in [3.63, 3.8) is 0 Å². The number of ether oxygens (including phenoxy) is 1. The maximum atomic E-state index is 7.00. The van der Waals surface area contributed by atoms with Crippen LogP contribution in [0.25, 0.3) is 0 Å². The fourth-order valence-corrected chi connectivity index (χ4v) is 1.86. The van der Waals surface area contributed by atoms with E-state index in [1.807, 2.05) is 42.5 Å². The minimum atomic E-state index is 0.880. The Bertz CT molecular complexity index is 535. The van der Waals surface area contributed by atoms with Crippen molar-refractivity contribution in [3.8, 4) is 11.5 Å². The van der Waals surface area contributed by atoms with Gasteiger partial charge in [0.15, 0.2) is 0 Å². The van der Waals surface area contributed by atoms with E-state index in [1.54, 1.807) is 5.57 Å². The van der Waals surface area contributed by atoms with Crippen molar-refractivity contribution in [1.29, 1.82) is 0 Å². The smallest absolute Gasteiger partial charge is 0.127 e. The second kappa shape index (κ2) is 7.51. The summed E-state index contributed by atoms with van der Waals surface area (Å²) in [5, 5.41) is 7.00. The standard InChI is InChI=1S/C17H16O.CH4O/c1-2-4-16(5-3-1)18-17-12-10-15(11-13-17)9-8-14-6-7-14;1-2/h1-5,8,10-13H,6-7,9H2;2H,1H3. The Morgan fingerprint density at radius 2 is 1.50 bits per heavy atom. The van der Waals surface area contributed by atoms with Gasteiger partial charge in [-0.2, -0.15) is 0 Å². The molecular formula is C18H20O2. The number of hydrogen-bond donors (Lipinski definition) is 1. The van der Waals surface area contributed by atoms with E-state index in [4.69, 9.17) is 9.84 Å². The summed E-state index contributed by atoms with van der Waals surface area (Å²) in [6, 6.07) is 18.2. The highest BCUT2D eigenvalue weighted by Crippen LogP contribution is 2.28. The van der Waals surface area contributed by atoms with Crippen LogP contribution in [0.3, 0.4) is 0 Å². The fraction of sp³-hybridized carbons (Fsp3) is 0.222. The molecule has 2 nitrogen and oxygen atoms in total. The quantitative estimate of drug-likeness (QED) is 0.835. The van der Waals surface area contributed by atoms with Gasteiger partial charge in [0.25, 0.3) is 0 Å². The second-order valence-electron chi connectivity index (χ2n) is 4.63. The first kappa shape index (κ1) is 14.4. The van der Waals surface area contributed by atoms with Crippen LogP contribution in [0.2, 0.25) is 0 Å². The molecule has 2 aromatic rings. The normalized spacial score (nSPS) is 12.2. The average Bonchev–Trinajstić information content (AvgIpc) is 3.34. The highest BCUT2D eigenvalue weighted by Gasteiger charge is 2.09. The van der Waals surface area contributed by atoms with Crippen molar-refractivity contribution in [2.45, 2.75) is 19.3 Å². The summed E-state index contributed by atoms with van der Waals surface area (Å²) in [7, 11) is 1.00. The molecule has 0 bridgehead atoms. The van der Waals surface area contributed by atoms with Crippen molar-refractivity contribution in [2.24, 2.45) is 0 Å². The number of aliphatic hydroxyl groups is 1. The molecule has 0 radical (unpaired) electrons. The molecule has 0 saturated heterocycles. The molecule has 0 spiro atoms. The second-order valence-corrected chi connectivity index (χ2v) is 4.63. The number of hydrogen-bond acceptors (Lipinski definition) is 2. The van der Waals surface area contributed by atoms with Crippen LogP contribution in [-0.4, -0.2) is 12.2 Å². The zero-order chi connectivity index (χ0) is 14.2. The Hall–Kier alpha value is -2.06. The van der Waals surface area contributed by atoms with Crippen molar-refractivity contribution in [2.75, 3.05) is 7.11 Å². The van der Waals surface area contributed by atoms with E-state index in [9.17, 15) is 0 Å². The van der Waals surface area contributed by atoms with Crippen LogP contribution in [0.5, 0.6) is 11.5 Å². The molecule has 2 aromatic carbocycles. The molecule has 0 atom stereocenters. The minimum Gasteiger partial charge on any atom is -0.457 e. The zero-order valence-electron chi connectivity index (χ0n) is 11.8. The minimum absolute atomic E-state index is 0.880. The van der Waals surface area contributed by atoms with Crippen LogP contribution < -0.4 is 4.74 Å². The molecule has 0 unspecified atom stereocenters. The van der Waals surface area contributed by atoms with Gasteiger partial charge in [-0.25, -0.2) is 0 Å². The third-order valence-electron chi connectivity index (χ3n) is 3.07. The summed E-state index contributed by atoms with van der Waals surface area (Å²) in [6.45, 7) is 0. The summed E-state index contributed by atoms with van der Waals surface area (Å²) in [4.78, 5) is 0. The molecule has 0 amide bonds. The zero-order valence-corrected chi connectivity index (χ0v) is 11.8. The van der Waals surface area contributed by atoms with Crippen LogP contribution in [0.15, 0.2) is 66.2 Å². The van der Waals surface area contributed by atoms with E-state index in [0.717, 1.165) is 25.0 Å². The summed E-state index contributed by atoms with van der Waals surface area (Å²) in [5.74, 6) is 1.77. The van der Waals surface area contributed by atoms with Gasteiger partial charge in [-0.15, -0.1) is 0 Å². The van der Waals surface area contributed by atoms with E-state index in [2.05, 4.69) is 18.2 Å². The predicted octanol–water partition coefficient (Wildman–Crippen LogP) is 4.35. The SMILES string of the molecule is C(Cc1ccc(Oc2ccccc2)cc1)=C1CC1.CO. The Balaban J connectivity index is 0.000000704. The van der Waals surface area contributed by atoms with Gasteiger partial charge < -0.3 is 9.84 Å². The fourth-order valence-electron chi connectivity index (χ4n) is 1.86. The maximum absolute atomic E-state index is 7.00. The van der Waals surface area contributed by atoms with E-state index in [-0.39, 0.29) is 0 Å². The Kier molecular flexibility index (Phi) is 5.39. The van der Waals surface area contributed by atoms with Crippen LogP contribution in [0.4, 0.5) is 0 Å². The van der Waals surface area contributed by atoms with Gasteiger partial charge >= 0.3 is 0 Å².